The van der Waals surface area contributed by atoms with Gasteiger partial charge >= 0.3 is 0 Å². The molecule has 0 aromatic heterocycles. The van der Waals surface area contributed by atoms with Crippen LogP contribution in [0.1, 0.15) is 35.7 Å². The highest BCUT2D eigenvalue weighted by Crippen LogP contribution is 2.15. The summed E-state index contributed by atoms with van der Waals surface area (Å²) in [6, 6.07) is 7.63. The van der Waals surface area contributed by atoms with Crippen LogP contribution in [-0.4, -0.2) is 53.7 Å². The van der Waals surface area contributed by atoms with Gasteiger partial charge in [0.2, 0.25) is 0 Å². The summed E-state index contributed by atoms with van der Waals surface area (Å²) in [4.78, 5) is 13.8. The minimum atomic E-state index is -0.0143. The third-order valence-corrected chi connectivity index (χ3v) is 3.10. The number of Topliss-reactive ketones (excluding diaryl/α,β-unsaturated/α-hetero) is 1. The molecule has 0 aliphatic carbocycles. The van der Waals surface area contributed by atoms with E-state index in [0.29, 0.717) is 24.6 Å². The Hall–Kier alpha value is -1.23. The highest BCUT2D eigenvalue weighted by atomic mass is 16.3. The van der Waals surface area contributed by atoms with Crippen LogP contribution >= 0.6 is 0 Å². The summed E-state index contributed by atoms with van der Waals surface area (Å²) < 4.78 is 0. The minimum absolute atomic E-state index is 0.0113. The average Bonchev–Trinajstić information content (AvgIpc) is 2.39. The first kappa shape index (κ1) is 15.8. The molecular weight excluding hydrogens is 242 g/mol. The number of nitrogens with zero attached hydrogens (tertiary/aromatic N) is 1. The predicted octanol–water partition coefficient (Wildman–Crippen LogP) is 1.28. The summed E-state index contributed by atoms with van der Waals surface area (Å²) in [5, 5.41) is 17.8. The number of rotatable bonds is 8. The highest BCUT2D eigenvalue weighted by Gasteiger charge is 2.12. The summed E-state index contributed by atoms with van der Waals surface area (Å²) in [5.74, 6) is 0.460. The fraction of sp³-hybridized carbons (Fsp3) is 0.533. The first-order valence-electron chi connectivity index (χ1n) is 6.65. The largest absolute Gasteiger partial charge is 0.395 e. The zero-order valence-corrected chi connectivity index (χ0v) is 11.7. The Bertz CT molecular complexity index is 381. The molecule has 0 saturated carbocycles. The number of carbonyl (C=O) groups is 1. The fourth-order valence-electron chi connectivity index (χ4n) is 1.90. The Morgan fingerprint density at radius 2 is 1.63 bits per heavy atom. The second-order valence-electron chi connectivity index (χ2n) is 4.92. The van der Waals surface area contributed by atoms with Gasteiger partial charge in [-0.15, -0.1) is 0 Å². The highest BCUT2D eigenvalue weighted by molar-refractivity contribution is 5.97. The fourth-order valence-corrected chi connectivity index (χ4v) is 1.90. The Kier molecular flexibility index (Phi) is 6.70. The second-order valence-corrected chi connectivity index (χ2v) is 4.92. The van der Waals surface area contributed by atoms with Crippen LogP contribution in [0.5, 0.6) is 0 Å². The summed E-state index contributed by atoms with van der Waals surface area (Å²) in [6.45, 7) is 5.22. The standard InChI is InChI=1S/C15H23NO3/c1-12(2)13-3-5-14(6-4-13)15(19)11-16(7-9-17)8-10-18/h3-6,12,17-18H,7-11H2,1-2H3. The van der Waals surface area contributed by atoms with Crippen molar-refractivity contribution in [3.63, 3.8) is 0 Å². The molecule has 1 rings (SSSR count). The van der Waals surface area contributed by atoms with E-state index in [2.05, 4.69) is 13.8 Å². The maximum absolute atomic E-state index is 12.1. The minimum Gasteiger partial charge on any atom is -0.395 e. The van der Waals surface area contributed by atoms with Gasteiger partial charge in [0.05, 0.1) is 19.8 Å². The third-order valence-electron chi connectivity index (χ3n) is 3.10. The van der Waals surface area contributed by atoms with Crippen molar-refractivity contribution in [2.45, 2.75) is 19.8 Å². The van der Waals surface area contributed by atoms with Gasteiger partial charge in [0.15, 0.2) is 5.78 Å². The molecule has 0 unspecified atom stereocenters. The molecule has 4 heteroatoms. The molecule has 1 aromatic rings. The maximum Gasteiger partial charge on any atom is 0.176 e. The number of hydrogen-bond donors (Lipinski definition) is 2. The van der Waals surface area contributed by atoms with E-state index in [4.69, 9.17) is 10.2 Å². The molecule has 0 amide bonds. The molecule has 1 aromatic carbocycles. The Balaban J connectivity index is 2.65. The second kappa shape index (κ2) is 8.04. The Labute approximate surface area is 114 Å². The average molecular weight is 265 g/mol. The third kappa shape index (κ3) is 5.11. The van der Waals surface area contributed by atoms with Gasteiger partial charge in [0.25, 0.3) is 0 Å². The molecule has 0 radical (unpaired) electrons. The molecule has 2 N–H and O–H groups in total. The Morgan fingerprint density at radius 3 is 2.05 bits per heavy atom. The maximum atomic E-state index is 12.1. The monoisotopic (exact) mass is 265 g/mol. The summed E-state index contributed by atoms with van der Waals surface area (Å²) in [5.41, 5.74) is 1.88. The molecule has 0 fully saturated rings. The van der Waals surface area contributed by atoms with Crippen molar-refractivity contribution in [3.05, 3.63) is 35.4 Å². The lowest BCUT2D eigenvalue weighted by Gasteiger charge is -2.19. The lowest BCUT2D eigenvalue weighted by Crippen LogP contribution is -2.34. The van der Waals surface area contributed by atoms with Crippen molar-refractivity contribution in [2.24, 2.45) is 0 Å². The smallest absolute Gasteiger partial charge is 0.176 e. The van der Waals surface area contributed by atoms with Crippen LogP contribution in [-0.2, 0) is 0 Å². The predicted molar refractivity (Wildman–Crippen MR) is 75.5 cm³/mol. The quantitative estimate of drug-likeness (QED) is 0.695. The normalized spacial score (nSPS) is 11.3. The molecule has 0 saturated heterocycles. The number of benzene rings is 1. The topological polar surface area (TPSA) is 60.8 Å². The van der Waals surface area contributed by atoms with Crippen LogP contribution < -0.4 is 0 Å². The molecule has 0 aliphatic rings. The van der Waals surface area contributed by atoms with Gasteiger partial charge in [-0.05, 0) is 11.5 Å². The van der Waals surface area contributed by atoms with E-state index in [-0.39, 0.29) is 25.5 Å². The summed E-state index contributed by atoms with van der Waals surface area (Å²) in [6.07, 6.45) is 0. The summed E-state index contributed by atoms with van der Waals surface area (Å²) >= 11 is 0. The van der Waals surface area contributed by atoms with Gasteiger partial charge in [-0.25, -0.2) is 0 Å². The lowest BCUT2D eigenvalue weighted by molar-refractivity contribution is 0.0894. The van der Waals surface area contributed by atoms with Crippen molar-refractivity contribution in [1.82, 2.24) is 4.90 Å². The van der Waals surface area contributed by atoms with Crippen LogP contribution in [0.3, 0.4) is 0 Å². The van der Waals surface area contributed by atoms with E-state index < -0.39 is 0 Å². The molecule has 0 aliphatic heterocycles. The van der Waals surface area contributed by atoms with Gasteiger partial charge in [-0.2, -0.15) is 0 Å². The summed E-state index contributed by atoms with van der Waals surface area (Å²) in [7, 11) is 0. The number of carbonyl (C=O) groups excluding carboxylic acids is 1. The van der Waals surface area contributed by atoms with E-state index in [0.717, 1.165) is 0 Å². The van der Waals surface area contributed by atoms with Crippen LogP contribution in [0.15, 0.2) is 24.3 Å². The van der Waals surface area contributed by atoms with E-state index in [9.17, 15) is 4.79 Å². The molecular formula is C15H23NO3. The van der Waals surface area contributed by atoms with E-state index in [1.165, 1.54) is 5.56 Å². The van der Waals surface area contributed by atoms with Gasteiger partial charge in [0, 0.05) is 18.7 Å². The molecule has 0 spiro atoms. The van der Waals surface area contributed by atoms with Crippen molar-refractivity contribution in [2.75, 3.05) is 32.8 Å². The number of ketones is 1. The van der Waals surface area contributed by atoms with Crippen LogP contribution in [0.2, 0.25) is 0 Å². The van der Waals surface area contributed by atoms with E-state index in [1.807, 2.05) is 24.3 Å². The van der Waals surface area contributed by atoms with Crippen molar-refractivity contribution < 1.29 is 15.0 Å². The molecule has 0 heterocycles. The number of hydrogen-bond acceptors (Lipinski definition) is 4. The first-order chi connectivity index (χ1) is 9.08. The van der Waals surface area contributed by atoms with Gasteiger partial charge in [0.1, 0.15) is 0 Å². The first-order valence-corrected chi connectivity index (χ1v) is 6.65. The van der Waals surface area contributed by atoms with Crippen LogP contribution in [0.4, 0.5) is 0 Å². The van der Waals surface area contributed by atoms with Gasteiger partial charge < -0.3 is 10.2 Å². The molecule has 106 valence electrons. The number of aliphatic hydroxyl groups excluding tert-OH is 2. The molecule has 0 bridgehead atoms. The van der Waals surface area contributed by atoms with Crippen molar-refractivity contribution in [3.8, 4) is 0 Å². The Morgan fingerprint density at radius 1 is 1.11 bits per heavy atom. The molecule has 0 atom stereocenters. The zero-order chi connectivity index (χ0) is 14.3. The lowest BCUT2D eigenvalue weighted by atomic mass is 10.0. The van der Waals surface area contributed by atoms with Gasteiger partial charge in [-0.1, -0.05) is 38.1 Å². The van der Waals surface area contributed by atoms with E-state index in [1.54, 1.807) is 4.90 Å². The molecule has 4 nitrogen and oxygen atoms in total. The SMILES string of the molecule is CC(C)c1ccc(C(=O)CN(CCO)CCO)cc1. The van der Waals surface area contributed by atoms with Crippen LogP contribution in [0, 0.1) is 0 Å². The number of aliphatic hydroxyl groups is 2. The van der Waals surface area contributed by atoms with E-state index >= 15 is 0 Å². The zero-order valence-electron chi connectivity index (χ0n) is 11.7. The van der Waals surface area contributed by atoms with Crippen molar-refractivity contribution >= 4 is 5.78 Å². The van der Waals surface area contributed by atoms with Crippen molar-refractivity contribution in [1.29, 1.82) is 0 Å². The van der Waals surface area contributed by atoms with Crippen LogP contribution in [0.25, 0.3) is 0 Å². The van der Waals surface area contributed by atoms with Gasteiger partial charge in [-0.3, -0.25) is 9.69 Å². The molecule has 19 heavy (non-hydrogen) atoms.